The van der Waals surface area contributed by atoms with Crippen LogP contribution in [0.2, 0.25) is 10.0 Å². The number of esters is 1. The number of carbonyl (C=O) groups is 2. The van der Waals surface area contributed by atoms with Crippen LogP contribution in [0, 0.1) is 5.41 Å². The number of nitrogens with zero attached hydrogens (tertiary/aromatic N) is 3. The second-order valence-corrected chi connectivity index (χ2v) is 8.06. The smallest absolute Gasteiger partial charge is 0.345 e. The minimum absolute atomic E-state index is 0.0768. The lowest BCUT2D eigenvalue weighted by Crippen LogP contribution is -2.35. The van der Waals surface area contributed by atoms with Gasteiger partial charge in [-0.15, -0.1) is 0 Å². The fourth-order valence-electron chi connectivity index (χ4n) is 2.88. The van der Waals surface area contributed by atoms with Gasteiger partial charge in [0, 0.05) is 5.02 Å². The zero-order valence-electron chi connectivity index (χ0n) is 16.5. The maximum absolute atomic E-state index is 12.6. The minimum atomic E-state index is -0.672. The van der Waals surface area contributed by atoms with Crippen molar-refractivity contribution in [3.05, 3.63) is 63.1 Å². The molecule has 2 aromatic rings. The van der Waals surface area contributed by atoms with E-state index in [0.717, 1.165) is 0 Å². The standard InChI is InChI=1S/C21H14Cl2N4O4S/c1-2-30-17-8-11(7-14-18(24)27-21(26-19(14)28)32-10-25-27)3-6-16(17)31-20(29)13-5-4-12(22)9-15(13)23/h3-10,24H,2H2,1H3. The molecule has 0 aliphatic carbocycles. The number of hydrazone groups is 1. The molecular formula is C21H14Cl2N4O4S. The Hall–Kier alpha value is -3.14. The highest BCUT2D eigenvalue weighted by Crippen LogP contribution is 2.32. The van der Waals surface area contributed by atoms with Crippen molar-refractivity contribution < 1.29 is 19.1 Å². The first-order valence-corrected chi connectivity index (χ1v) is 10.9. The van der Waals surface area contributed by atoms with Gasteiger partial charge in [0.05, 0.1) is 28.3 Å². The van der Waals surface area contributed by atoms with E-state index < -0.39 is 11.9 Å². The number of rotatable bonds is 5. The van der Waals surface area contributed by atoms with E-state index in [-0.39, 0.29) is 33.5 Å². The van der Waals surface area contributed by atoms with Crippen molar-refractivity contribution in [3.8, 4) is 11.5 Å². The van der Waals surface area contributed by atoms with Crippen LogP contribution < -0.4 is 9.47 Å². The van der Waals surface area contributed by atoms with Crippen molar-refractivity contribution in [2.45, 2.75) is 6.92 Å². The summed E-state index contributed by atoms with van der Waals surface area (Å²) in [4.78, 5) is 28.9. The van der Waals surface area contributed by atoms with Crippen molar-refractivity contribution in [2.24, 2.45) is 10.1 Å². The lowest BCUT2D eigenvalue weighted by molar-refractivity contribution is -0.114. The van der Waals surface area contributed by atoms with E-state index in [2.05, 4.69) is 10.1 Å². The van der Waals surface area contributed by atoms with Gasteiger partial charge in [-0.05, 0) is 60.7 Å². The molecule has 1 amide bonds. The number of halogens is 2. The molecule has 162 valence electrons. The van der Waals surface area contributed by atoms with Gasteiger partial charge in [0.2, 0.25) is 0 Å². The van der Waals surface area contributed by atoms with E-state index in [0.29, 0.717) is 22.4 Å². The zero-order chi connectivity index (χ0) is 22.8. The van der Waals surface area contributed by atoms with Gasteiger partial charge in [0.15, 0.2) is 22.5 Å². The Labute approximate surface area is 197 Å². The van der Waals surface area contributed by atoms with Gasteiger partial charge in [-0.1, -0.05) is 29.3 Å². The normalized spacial score (nSPS) is 16.3. The Kier molecular flexibility index (Phi) is 6.31. The molecule has 2 aromatic carbocycles. The number of nitrogens with one attached hydrogen (secondary N) is 1. The molecule has 0 saturated heterocycles. The van der Waals surface area contributed by atoms with E-state index >= 15 is 0 Å². The molecule has 0 fully saturated rings. The molecule has 1 N–H and O–H groups in total. The van der Waals surface area contributed by atoms with Crippen molar-refractivity contribution in [2.75, 3.05) is 6.61 Å². The molecule has 11 heteroatoms. The second kappa shape index (κ2) is 9.15. The summed E-state index contributed by atoms with van der Waals surface area (Å²) < 4.78 is 11.1. The molecule has 0 bridgehead atoms. The van der Waals surface area contributed by atoms with Crippen LogP contribution in [0.3, 0.4) is 0 Å². The third kappa shape index (κ3) is 4.40. The number of amides is 1. The lowest BCUT2D eigenvalue weighted by atomic mass is 10.1. The monoisotopic (exact) mass is 488 g/mol. The predicted octanol–water partition coefficient (Wildman–Crippen LogP) is 4.86. The topological polar surface area (TPSA) is 104 Å². The van der Waals surface area contributed by atoms with Crippen LogP contribution in [-0.2, 0) is 4.79 Å². The molecule has 0 aromatic heterocycles. The van der Waals surface area contributed by atoms with Crippen LogP contribution in [0.5, 0.6) is 11.5 Å². The maximum Gasteiger partial charge on any atom is 0.345 e. The molecular weight excluding hydrogens is 475 g/mol. The van der Waals surface area contributed by atoms with E-state index in [9.17, 15) is 9.59 Å². The van der Waals surface area contributed by atoms with Crippen LogP contribution in [0.1, 0.15) is 22.8 Å². The molecule has 0 radical (unpaired) electrons. The summed E-state index contributed by atoms with van der Waals surface area (Å²) in [6.07, 6.45) is 1.51. The summed E-state index contributed by atoms with van der Waals surface area (Å²) in [5.41, 5.74) is 2.30. The van der Waals surface area contributed by atoms with Gasteiger partial charge in [-0.3, -0.25) is 10.2 Å². The first-order valence-electron chi connectivity index (χ1n) is 9.24. The van der Waals surface area contributed by atoms with Gasteiger partial charge < -0.3 is 9.47 Å². The van der Waals surface area contributed by atoms with Crippen molar-refractivity contribution in [3.63, 3.8) is 0 Å². The third-order valence-corrected chi connectivity index (χ3v) is 5.55. The number of benzene rings is 2. The molecule has 8 nitrogen and oxygen atoms in total. The van der Waals surface area contributed by atoms with Crippen molar-refractivity contribution >= 4 is 69.5 Å². The van der Waals surface area contributed by atoms with Crippen LogP contribution in [0.4, 0.5) is 0 Å². The summed E-state index contributed by atoms with van der Waals surface area (Å²) in [6.45, 7) is 2.10. The molecule has 4 rings (SSSR count). The SMILES string of the molecule is CCOc1cc(C=C2C(=N)N3N=CSC3=NC2=O)ccc1OC(=O)c1ccc(Cl)cc1Cl. The molecule has 0 atom stereocenters. The number of carbonyl (C=O) groups excluding carboxylic acids is 2. The fourth-order valence-corrected chi connectivity index (χ4v) is 3.98. The van der Waals surface area contributed by atoms with Gasteiger partial charge in [0.25, 0.3) is 5.91 Å². The highest BCUT2D eigenvalue weighted by Gasteiger charge is 2.32. The van der Waals surface area contributed by atoms with E-state index in [1.165, 1.54) is 52.7 Å². The van der Waals surface area contributed by atoms with Gasteiger partial charge in [-0.2, -0.15) is 15.1 Å². The van der Waals surface area contributed by atoms with E-state index in [1.54, 1.807) is 19.1 Å². The number of fused-ring (bicyclic) bond motifs is 1. The lowest BCUT2D eigenvalue weighted by Gasteiger charge is -2.20. The Morgan fingerprint density at radius 1 is 1.22 bits per heavy atom. The summed E-state index contributed by atoms with van der Waals surface area (Å²) in [7, 11) is 0. The Bertz CT molecular complexity index is 1240. The third-order valence-electron chi connectivity index (χ3n) is 4.33. The van der Waals surface area contributed by atoms with Crippen molar-refractivity contribution in [1.29, 1.82) is 5.41 Å². The van der Waals surface area contributed by atoms with Crippen LogP contribution >= 0.6 is 35.0 Å². The highest BCUT2D eigenvalue weighted by molar-refractivity contribution is 8.25. The number of hydrogen-bond acceptors (Lipinski definition) is 7. The minimum Gasteiger partial charge on any atom is -0.490 e. The molecule has 32 heavy (non-hydrogen) atoms. The van der Waals surface area contributed by atoms with Crippen molar-refractivity contribution in [1.82, 2.24) is 5.01 Å². The summed E-state index contributed by atoms with van der Waals surface area (Å²) >= 11 is 13.1. The first kappa shape index (κ1) is 22.1. The number of amidine groups is 2. The first-order chi connectivity index (χ1) is 15.4. The fraction of sp³-hybridized carbons (Fsp3) is 0.0952. The number of aliphatic imine (C=N–C) groups is 1. The predicted molar refractivity (Wildman–Crippen MR) is 125 cm³/mol. The van der Waals surface area contributed by atoms with Gasteiger partial charge in [-0.25, -0.2) is 4.79 Å². The quantitative estimate of drug-likeness (QED) is 0.366. The molecule has 0 unspecified atom stereocenters. The van der Waals surface area contributed by atoms with Gasteiger partial charge in [0.1, 0.15) is 0 Å². The van der Waals surface area contributed by atoms with Crippen LogP contribution in [0.15, 0.2) is 52.1 Å². The summed E-state index contributed by atoms with van der Waals surface area (Å²) in [5.74, 6) is -0.823. The summed E-state index contributed by atoms with van der Waals surface area (Å²) in [6, 6.07) is 9.23. The Morgan fingerprint density at radius 2 is 2.03 bits per heavy atom. The molecule has 2 heterocycles. The molecule has 0 spiro atoms. The largest absolute Gasteiger partial charge is 0.490 e. The second-order valence-electron chi connectivity index (χ2n) is 6.41. The Morgan fingerprint density at radius 3 is 2.78 bits per heavy atom. The highest BCUT2D eigenvalue weighted by atomic mass is 35.5. The molecule has 0 saturated carbocycles. The Balaban J connectivity index is 1.63. The number of hydrogen-bond donors (Lipinski definition) is 1. The zero-order valence-corrected chi connectivity index (χ0v) is 18.8. The molecule has 2 aliphatic heterocycles. The van der Waals surface area contributed by atoms with E-state index in [1.807, 2.05) is 0 Å². The summed E-state index contributed by atoms with van der Waals surface area (Å²) in [5, 5.41) is 14.5. The van der Waals surface area contributed by atoms with Crippen LogP contribution in [0.25, 0.3) is 6.08 Å². The van der Waals surface area contributed by atoms with Gasteiger partial charge >= 0.3 is 5.97 Å². The number of thioether (sulfide) groups is 1. The van der Waals surface area contributed by atoms with E-state index in [4.69, 9.17) is 38.1 Å². The maximum atomic E-state index is 12.6. The average Bonchev–Trinajstić information content (AvgIpc) is 3.21. The molecule has 2 aliphatic rings. The average molecular weight is 489 g/mol. The van der Waals surface area contributed by atoms with Crippen LogP contribution in [-0.4, -0.2) is 40.0 Å². The number of ether oxygens (including phenoxy) is 2.